The van der Waals surface area contributed by atoms with E-state index in [1.54, 1.807) is 0 Å². The largest absolute Gasteiger partial charge is 0.493 e. The summed E-state index contributed by atoms with van der Waals surface area (Å²) in [5.74, 6) is 2.94. The summed E-state index contributed by atoms with van der Waals surface area (Å²) >= 11 is 0. The van der Waals surface area contributed by atoms with Crippen LogP contribution < -0.4 is 14.8 Å². The van der Waals surface area contributed by atoms with E-state index in [1.807, 2.05) is 48.5 Å². The molecule has 1 amide bonds. The molecule has 4 nitrogen and oxygen atoms in total. The first kappa shape index (κ1) is 21.7. The minimum absolute atomic E-state index is 0.116. The molecule has 0 unspecified atom stereocenters. The van der Waals surface area contributed by atoms with Gasteiger partial charge in [-0.2, -0.15) is 0 Å². The van der Waals surface area contributed by atoms with Crippen molar-refractivity contribution in [2.75, 3.05) is 18.5 Å². The van der Waals surface area contributed by atoms with Gasteiger partial charge in [-0.05, 0) is 86.1 Å². The standard InChI is InChI=1S/C27H35NO3/c29-27(23-11-15-25(16-12-23)30-19-21-7-3-1-4-8-21)28-24-13-17-26(18-14-24)31-20-22-9-5-2-6-10-22/h11-18,21-22H,1-10,19-20H2,(H,28,29). The van der Waals surface area contributed by atoms with Crippen LogP contribution in [-0.2, 0) is 0 Å². The predicted octanol–water partition coefficient (Wildman–Crippen LogP) is 6.86. The Kier molecular flexibility index (Phi) is 7.87. The van der Waals surface area contributed by atoms with Gasteiger partial charge < -0.3 is 14.8 Å². The van der Waals surface area contributed by atoms with Gasteiger partial charge in [-0.3, -0.25) is 4.79 Å². The van der Waals surface area contributed by atoms with E-state index < -0.39 is 0 Å². The highest BCUT2D eigenvalue weighted by Crippen LogP contribution is 2.26. The first-order chi connectivity index (χ1) is 15.3. The maximum Gasteiger partial charge on any atom is 0.255 e. The van der Waals surface area contributed by atoms with Crippen molar-refractivity contribution in [1.82, 2.24) is 0 Å². The Hall–Kier alpha value is -2.49. The van der Waals surface area contributed by atoms with Crippen molar-refractivity contribution in [3.8, 4) is 11.5 Å². The van der Waals surface area contributed by atoms with E-state index in [4.69, 9.17) is 9.47 Å². The molecule has 4 rings (SSSR count). The molecular formula is C27H35NO3. The number of nitrogens with one attached hydrogen (secondary N) is 1. The number of hydrogen-bond donors (Lipinski definition) is 1. The summed E-state index contributed by atoms with van der Waals surface area (Å²) in [6.07, 6.45) is 13.1. The Morgan fingerprint density at radius 2 is 1.13 bits per heavy atom. The number of hydrogen-bond acceptors (Lipinski definition) is 3. The van der Waals surface area contributed by atoms with Crippen LogP contribution >= 0.6 is 0 Å². The van der Waals surface area contributed by atoms with E-state index in [-0.39, 0.29) is 5.91 Å². The maximum absolute atomic E-state index is 12.6. The van der Waals surface area contributed by atoms with E-state index in [1.165, 1.54) is 64.2 Å². The second-order valence-corrected chi connectivity index (χ2v) is 9.13. The summed E-state index contributed by atoms with van der Waals surface area (Å²) < 4.78 is 11.9. The highest BCUT2D eigenvalue weighted by atomic mass is 16.5. The zero-order valence-electron chi connectivity index (χ0n) is 18.5. The van der Waals surface area contributed by atoms with Gasteiger partial charge in [0, 0.05) is 11.3 Å². The van der Waals surface area contributed by atoms with E-state index in [0.717, 1.165) is 30.4 Å². The minimum Gasteiger partial charge on any atom is -0.493 e. The Morgan fingerprint density at radius 1 is 0.677 bits per heavy atom. The molecule has 4 heteroatoms. The molecule has 0 bridgehead atoms. The fraction of sp³-hybridized carbons (Fsp3) is 0.519. The van der Waals surface area contributed by atoms with Crippen LogP contribution in [0.1, 0.15) is 74.6 Å². The van der Waals surface area contributed by atoms with Crippen LogP contribution in [0.4, 0.5) is 5.69 Å². The van der Waals surface area contributed by atoms with Gasteiger partial charge in [0.2, 0.25) is 0 Å². The molecule has 2 aliphatic rings. The average molecular weight is 422 g/mol. The normalized spacial score (nSPS) is 17.8. The van der Waals surface area contributed by atoms with Crippen molar-refractivity contribution in [3.05, 3.63) is 54.1 Å². The number of benzene rings is 2. The van der Waals surface area contributed by atoms with Crippen LogP contribution in [0.3, 0.4) is 0 Å². The van der Waals surface area contributed by atoms with E-state index in [9.17, 15) is 4.79 Å². The van der Waals surface area contributed by atoms with Gasteiger partial charge in [-0.15, -0.1) is 0 Å². The molecule has 0 saturated heterocycles. The van der Waals surface area contributed by atoms with Crippen LogP contribution in [0.5, 0.6) is 11.5 Å². The smallest absolute Gasteiger partial charge is 0.255 e. The van der Waals surface area contributed by atoms with Gasteiger partial charge in [0.25, 0.3) is 5.91 Å². The number of anilines is 1. The topological polar surface area (TPSA) is 47.6 Å². The summed E-state index contributed by atoms with van der Waals surface area (Å²) in [6, 6.07) is 15.1. The molecule has 2 aliphatic carbocycles. The van der Waals surface area contributed by atoms with Gasteiger partial charge in [-0.1, -0.05) is 38.5 Å². The highest BCUT2D eigenvalue weighted by Gasteiger charge is 2.15. The lowest BCUT2D eigenvalue weighted by atomic mass is 9.90. The maximum atomic E-state index is 12.6. The van der Waals surface area contributed by atoms with Crippen molar-refractivity contribution >= 4 is 11.6 Å². The first-order valence-electron chi connectivity index (χ1n) is 12.0. The number of rotatable bonds is 8. The van der Waals surface area contributed by atoms with Crippen LogP contribution in [-0.4, -0.2) is 19.1 Å². The summed E-state index contributed by atoms with van der Waals surface area (Å²) in [7, 11) is 0. The van der Waals surface area contributed by atoms with Gasteiger partial charge in [0.15, 0.2) is 0 Å². The third-order valence-electron chi connectivity index (χ3n) is 6.65. The molecule has 0 spiro atoms. The monoisotopic (exact) mass is 421 g/mol. The van der Waals surface area contributed by atoms with Crippen molar-refractivity contribution in [1.29, 1.82) is 0 Å². The van der Waals surface area contributed by atoms with Gasteiger partial charge in [0.05, 0.1) is 13.2 Å². The molecule has 0 heterocycles. The molecule has 2 aromatic rings. The molecule has 2 aromatic carbocycles. The summed E-state index contributed by atoms with van der Waals surface area (Å²) in [5.41, 5.74) is 1.40. The fourth-order valence-electron chi connectivity index (χ4n) is 4.68. The number of carbonyl (C=O) groups excluding carboxylic acids is 1. The van der Waals surface area contributed by atoms with E-state index in [2.05, 4.69) is 5.32 Å². The van der Waals surface area contributed by atoms with Gasteiger partial charge in [0.1, 0.15) is 11.5 Å². The molecule has 0 radical (unpaired) electrons. The lowest BCUT2D eigenvalue weighted by Crippen LogP contribution is -2.15. The average Bonchev–Trinajstić information content (AvgIpc) is 2.84. The SMILES string of the molecule is O=C(Nc1ccc(OCC2CCCCC2)cc1)c1ccc(OCC2CCCCC2)cc1. The Bertz CT molecular complexity index is 803. The molecule has 0 atom stereocenters. The van der Waals surface area contributed by atoms with E-state index in [0.29, 0.717) is 17.4 Å². The molecular weight excluding hydrogens is 386 g/mol. The first-order valence-corrected chi connectivity index (χ1v) is 12.0. The third-order valence-corrected chi connectivity index (χ3v) is 6.65. The minimum atomic E-state index is -0.116. The Labute approximate surface area is 186 Å². The molecule has 0 aromatic heterocycles. The zero-order valence-corrected chi connectivity index (χ0v) is 18.5. The molecule has 31 heavy (non-hydrogen) atoms. The summed E-state index contributed by atoms with van der Waals surface area (Å²) in [5, 5.41) is 2.96. The summed E-state index contributed by atoms with van der Waals surface area (Å²) in [6.45, 7) is 1.57. The molecule has 2 fully saturated rings. The van der Waals surface area contributed by atoms with E-state index >= 15 is 0 Å². The fourth-order valence-corrected chi connectivity index (χ4v) is 4.68. The number of ether oxygens (including phenoxy) is 2. The van der Waals surface area contributed by atoms with Gasteiger partial charge >= 0.3 is 0 Å². The van der Waals surface area contributed by atoms with Crippen LogP contribution in [0.15, 0.2) is 48.5 Å². The van der Waals surface area contributed by atoms with Crippen LogP contribution in [0.2, 0.25) is 0 Å². The van der Waals surface area contributed by atoms with Crippen molar-refractivity contribution in [3.63, 3.8) is 0 Å². The number of amides is 1. The second kappa shape index (κ2) is 11.2. The van der Waals surface area contributed by atoms with Crippen LogP contribution in [0, 0.1) is 11.8 Å². The van der Waals surface area contributed by atoms with Crippen molar-refractivity contribution in [2.45, 2.75) is 64.2 Å². The highest BCUT2D eigenvalue weighted by molar-refractivity contribution is 6.04. The predicted molar refractivity (Wildman–Crippen MR) is 125 cm³/mol. The van der Waals surface area contributed by atoms with Gasteiger partial charge in [-0.25, -0.2) is 0 Å². The third kappa shape index (κ3) is 6.75. The number of carbonyl (C=O) groups is 1. The Morgan fingerprint density at radius 3 is 1.61 bits per heavy atom. The zero-order chi connectivity index (χ0) is 21.3. The molecule has 2 saturated carbocycles. The Balaban J connectivity index is 1.22. The summed E-state index contributed by atoms with van der Waals surface area (Å²) in [4.78, 5) is 12.6. The van der Waals surface area contributed by atoms with Crippen LogP contribution in [0.25, 0.3) is 0 Å². The quantitative estimate of drug-likeness (QED) is 0.506. The second-order valence-electron chi connectivity index (χ2n) is 9.13. The lowest BCUT2D eigenvalue weighted by Gasteiger charge is -2.21. The molecule has 0 aliphatic heterocycles. The van der Waals surface area contributed by atoms with Crippen molar-refractivity contribution < 1.29 is 14.3 Å². The molecule has 166 valence electrons. The lowest BCUT2D eigenvalue weighted by molar-refractivity contribution is 0.102. The van der Waals surface area contributed by atoms with Crippen molar-refractivity contribution in [2.24, 2.45) is 11.8 Å². The molecule has 1 N–H and O–H groups in total.